The van der Waals surface area contributed by atoms with Crippen LogP contribution in [-0.4, -0.2) is 33.6 Å². The van der Waals surface area contributed by atoms with Crippen molar-refractivity contribution in [3.05, 3.63) is 58.8 Å². The van der Waals surface area contributed by atoms with E-state index in [0.29, 0.717) is 6.54 Å². The van der Waals surface area contributed by atoms with E-state index >= 15 is 0 Å². The van der Waals surface area contributed by atoms with Crippen molar-refractivity contribution in [2.24, 2.45) is 0 Å². The molecule has 0 bridgehead atoms. The molecule has 0 aliphatic heterocycles. The van der Waals surface area contributed by atoms with Crippen molar-refractivity contribution in [1.82, 2.24) is 19.5 Å². The number of pyridine rings is 1. The molecule has 0 fully saturated rings. The van der Waals surface area contributed by atoms with Crippen LogP contribution < -0.4 is 10.6 Å². The summed E-state index contributed by atoms with van der Waals surface area (Å²) in [4.78, 5) is 24.8. The average Bonchev–Trinajstić information content (AvgIpc) is 3.12. The van der Waals surface area contributed by atoms with Gasteiger partial charge in [-0.05, 0) is 17.7 Å². The number of aromatic amines is 2. The van der Waals surface area contributed by atoms with Crippen LogP contribution in [0.1, 0.15) is 5.56 Å². The Hall–Kier alpha value is -3.02. The summed E-state index contributed by atoms with van der Waals surface area (Å²) in [5.74, 6) is 0. The molecule has 23 heavy (non-hydrogen) atoms. The van der Waals surface area contributed by atoms with Gasteiger partial charge in [-0.15, -0.1) is 0 Å². The van der Waals surface area contributed by atoms with E-state index in [1.54, 1.807) is 10.8 Å². The predicted molar refractivity (Wildman–Crippen MR) is 92.1 cm³/mol. The molecule has 0 aliphatic carbocycles. The van der Waals surface area contributed by atoms with Crippen LogP contribution in [0.3, 0.4) is 0 Å². The molecule has 0 unspecified atom stereocenters. The van der Waals surface area contributed by atoms with Gasteiger partial charge in [0.25, 0.3) is 0 Å². The summed E-state index contributed by atoms with van der Waals surface area (Å²) in [5.41, 5.74) is 4.50. The molecule has 0 spiro atoms. The Kier molecular flexibility index (Phi) is 2.97. The molecule has 116 valence electrons. The first-order chi connectivity index (χ1) is 11.1. The van der Waals surface area contributed by atoms with Gasteiger partial charge < -0.3 is 14.9 Å². The topological polar surface area (TPSA) is 69.7 Å². The monoisotopic (exact) mass is 307 g/mol. The van der Waals surface area contributed by atoms with Crippen molar-refractivity contribution in [3.8, 4) is 0 Å². The molecule has 0 radical (unpaired) electrons. The van der Waals surface area contributed by atoms with Crippen LogP contribution in [0.4, 0.5) is 5.69 Å². The zero-order valence-corrected chi connectivity index (χ0v) is 13.0. The van der Waals surface area contributed by atoms with Gasteiger partial charge >= 0.3 is 5.69 Å². The summed E-state index contributed by atoms with van der Waals surface area (Å²) >= 11 is 0. The highest BCUT2D eigenvalue weighted by Gasteiger charge is 2.14. The molecule has 2 N–H and O–H groups in total. The highest BCUT2D eigenvalue weighted by Crippen LogP contribution is 2.24. The molecule has 3 heterocycles. The quantitative estimate of drug-likeness (QED) is 0.610. The molecule has 0 amide bonds. The summed E-state index contributed by atoms with van der Waals surface area (Å²) in [6.45, 7) is 0.511. The number of hydrogen-bond acceptors (Lipinski definition) is 3. The highest BCUT2D eigenvalue weighted by molar-refractivity contribution is 6.00. The molecule has 6 heteroatoms. The number of nitrogens with zero attached hydrogens (tertiary/aromatic N) is 3. The summed E-state index contributed by atoms with van der Waals surface area (Å²) < 4.78 is 1.77. The number of hydrogen-bond donors (Lipinski definition) is 2. The first-order valence-corrected chi connectivity index (χ1v) is 7.45. The minimum absolute atomic E-state index is 0.121. The Morgan fingerprint density at radius 2 is 2.04 bits per heavy atom. The lowest BCUT2D eigenvalue weighted by Gasteiger charge is -2.17. The van der Waals surface area contributed by atoms with Crippen LogP contribution in [0.5, 0.6) is 0 Å². The van der Waals surface area contributed by atoms with Crippen molar-refractivity contribution in [2.75, 3.05) is 19.0 Å². The van der Waals surface area contributed by atoms with Gasteiger partial charge in [0.15, 0.2) is 0 Å². The van der Waals surface area contributed by atoms with Crippen molar-refractivity contribution >= 4 is 27.8 Å². The summed E-state index contributed by atoms with van der Waals surface area (Å²) in [7, 11) is 4.01. The fourth-order valence-electron chi connectivity index (χ4n) is 3.06. The number of para-hydroxylation sites is 1. The van der Waals surface area contributed by atoms with Crippen LogP contribution >= 0.6 is 0 Å². The SMILES string of the molecule is CN(C)c1ccccc1Cn1c(=O)[nH]c2cnc3[nH]ccc3c21. The van der Waals surface area contributed by atoms with E-state index in [1.165, 1.54) is 0 Å². The van der Waals surface area contributed by atoms with E-state index < -0.39 is 0 Å². The molecular weight excluding hydrogens is 290 g/mol. The number of aromatic nitrogens is 4. The van der Waals surface area contributed by atoms with Gasteiger partial charge in [0.1, 0.15) is 5.65 Å². The second kappa shape index (κ2) is 5.01. The molecule has 3 aromatic heterocycles. The highest BCUT2D eigenvalue weighted by atomic mass is 16.1. The van der Waals surface area contributed by atoms with Gasteiger partial charge in [0, 0.05) is 31.4 Å². The van der Waals surface area contributed by atoms with Crippen molar-refractivity contribution in [1.29, 1.82) is 0 Å². The molecule has 1 aromatic carbocycles. The van der Waals surface area contributed by atoms with Crippen LogP contribution in [0.15, 0.2) is 47.5 Å². The zero-order chi connectivity index (χ0) is 16.0. The molecule has 0 atom stereocenters. The van der Waals surface area contributed by atoms with E-state index in [2.05, 4.69) is 32.0 Å². The van der Waals surface area contributed by atoms with Gasteiger partial charge in [0.05, 0.1) is 23.8 Å². The Balaban J connectivity index is 1.95. The van der Waals surface area contributed by atoms with Gasteiger partial charge in [-0.2, -0.15) is 0 Å². The third kappa shape index (κ3) is 2.11. The van der Waals surface area contributed by atoms with Crippen LogP contribution in [-0.2, 0) is 6.54 Å². The van der Waals surface area contributed by atoms with Gasteiger partial charge in [-0.25, -0.2) is 9.78 Å². The third-order valence-electron chi connectivity index (χ3n) is 4.12. The van der Waals surface area contributed by atoms with E-state index in [1.807, 2.05) is 38.5 Å². The minimum Gasteiger partial charge on any atom is -0.377 e. The Labute approximate surface area is 132 Å². The summed E-state index contributed by atoms with van der Waals surface area (Å²) in [6.07, 6.45) is 3.54. The van der Waals surface area contributed by atoms with Crippen molar-refractivity contribution in [3.63, 3.8) is 0 Å². The van der Waals surface area contributed by atoms with E-state index in [-0.39, 0.29) is 5.69 Å². The zero-order valence-electron chi connectivity index (χ0n) is 13.0. The summed E-state index contributed by atoms with van der Waals surface area (Å²) in [5, 5.41) is 0.947. The first kappa shape index (κ1) is 13.6. The Bertz CT molecular complexity index is 1050. The van der Waals surface area contributed by atoms with Gasteiger partial charge in [0.2, 0.25) is 0 Å². The lowest BCUT2D eigenvalue weighted by molar-refractivity contribution is 0.786. The van der Waals surface area contributed by atoms with Crippen molar-refractivity contribution < 1.29 is 0 Å². The number of anilines is 1. The van der Waals surface area contributed by atoms with E-state index in [4.69, 9.17) is 0 Å². The minimum atomic E-state index is -0.121. The van der Waals surface area contributed by atoms with E-state index in [9.17, 15) is 4.79 Å². The lowest BCUT2D eigenvalue weighted by Crippen LogP contribution is -2.19. The maximum Gasteiger partial charge on any atom is 0.326 e. The Morgan fingerprint density at radius 3 is 2.87 bits per heavy atom. The van der Waals surface area contributed by atoms with Crippen LogP contribution in [0.2, 0.25) is 0 Å². The smallest absolute Gasteiger partial charge is 0.326 e. The van der Waals surface area contributed by atoms with Crippen molar-refractivity contribution in [2.45, 2.75) is 6.54 Å². The molecule has 6 nitrogen and oxygen atoms in total. The predicted octanol–water partition coefficient (Wildman–Crippen LogP) is 2.32. The van der Waals surface area contributed by atoms with Crippen LogP contribution in [0, 0.1) is 0 Å². The number of benzene rings is 1. The van der Waals surface area contributed by atoms with Crippen LogP contribution in [0.25, 0.3) is 22.1 Å². The maximum atomic E-state index is 12.4. The molecule has 0 saturated heterocycles. The molecule has 4 rings (SSSR count). The standard InChI is InChI=1S/C17H17N5O/c1-21(2)14-6-4-3-5-11(14)10-22-15-12-7-8-18-16(12)19-9-13(15)20-17(22)23/h3-9H,10H2,1-2H3,(H,18,19)(H,20,23). The third-order valence-corrected chi connectivity index (χ3v) is 4.12. The molecule has 0 aliphatic rings. The van der Waals surface area contributed by atoms with Gasteiger partial charge in [-0.1, -0.05) is 18.2 Å². The largest absolute Gasteiger partial charge is 0.377 e. The average molecular weight is 307 g/mol. The normalized spacial score (nSPS) is 11.4. The molecule has 4 aromatic rings. The first-order valence-electron chi connectivity index (χ1n) is 7.45. The number of fused-ring (bicyclic) bond motifs is 3. The number of rotatable bonds is 3. The number of nitrogens with one attached hydrogen (secondary N) is 2. The second-order valence-corrected chi connectivity index (χ2v) is 5.80. The molecular formula is C17H17N5O. The fraction of sp³-hybridized carbons (Fsp3) is 0.176. The lowest BCUT2D eigenvalue weighted by atomic mass is 10.1. The molecule has 0 saturated carbocycles. The Morgan fingerprint density at radius 1 is 1.22 bits per heavy atom. The summed E-state index contributed by atoms with van der Waals surface area (Å²) in [6, 6.07) is 10.1. The number of H-pyrrole nitrogens is 2. The second-order valence-electron chi connectivity index (χ2n) is 5.80. The maximum absolute atomic E-state index is 12.4. The van der Waals surface area contributed by atoms with E-state index in [0.717, 1.165) is 33.3 Å². The van der Waals surface area contributed by atoms with Gasteiger partial charge in [-0.3, -0.25) is 4.57 Å². The number of imidazole rings is 1. The fourth-order valence-corrected chi connectivity index (χ4v) is 3.06.